The van der Waals surface area contributed by atoms with E-state index in [1.807, 2.05) is 37.3 Å². The molecule has 2 aliphatic heterocycles. The highest BCUT2D eigenvalue weighted by molar-refractivity contribution is 5.82. The third-order valence-corrected chi connectivity index (χ3v) is 5.72. The maximum Gasteiger partial charge on any atom is 0.318 e. The average Bonchev–Trinajstić information content (AvgIpc) is 2.82. The molecule has 32 heavy (non-hydrogen) atoms. The van der Waals surface area contributed by atoms with Gasteiger partial charge in [0, 0.05) is 51.6 Å². The maximum atomic E-state index is 12.7. The molecule has 2 aromatic rings. The van der Waals surface area contributed by atoms with E-state index < -0.39 is 0 Å². The molecule has 0 N–H and O–H groups in total. The maximum absolute atomic E-state index is 12.7. The topological polar surface area (TPSA) is 77.0 Å². The van der Waals surface area contributed by atoms with Crippen LogP contribution in [0.1, 0.15) is 16.8 Å². The van der Waals surface area contributed by atoms with Gasteiger partial charge in [0.2, 0.25) is 0 Å². The number of carbonyl (C=O) groups is 1. The van der Waals surface area contributed by atoms with Crippen molar-refractivity contribution < 1.29 is 19.0 Å². The van der Waals surface area contributed by atoms with Crippen LogP contribution in [0.25, 0.3) is 0 Å². The Bertz CT molecular complexity index is 878. The molecule has 0 saturated carbocycles. The Labute approximate surface area is 189 Å². The van der Waals surface area contributed by atoms with Gasteiger partial charge in [-0.3, -0.25) is 9.69 Å². The van der Waals surface area contributed by atoms with Gasteiger partial charge in [-0.05, 0) is 12.5 Å². The predicted octanol–water partition coefficient (Wildman–Crippen LogP) is 1.69. The molecule has 8 nitrogen and oxygen atoms in total. The van der Waals surface area contributed by atoms with Gasteiger partial charge in [-0.25, -0.2) is 0 Å². The van der Waals surface area contributed by atoms with Crippen LogP contribution in [0.15, 0.2) is 30.3 Å². The smallest absolute Gasteiger partial charge is 0.318 e. The molecule has 8 heteroatoms. The minimum Gasteiger partial charge on any atom is -0.462 e. The van der Waals surface area contributed by atoms with Crippen molar-refractivity contribution >= 4 is 11.6 Å². The second-order valence-electron chi connectivity index (χ2n) is 8.28. The highest BCUT2D eigenvalue weighted by Gasteiger charge is 2.18. The quantitative estimate of drug-likeness (QED) is 0.583. The van der Waals surface area contributed by atoms with Crippen molar-refractivity contribution in [3.8, 4) is 6.01 Å². The number of ether oxygens (including phenoxy) is 3. The number of aryl methyl sites for hydroxylation is 1. The fraction of sp³-hybridized carbons (Fsp3) is 0.542. The molecule has 172 valence electrons. The van der Waals surface area contributed by atoms with E-state index in [0.29, 0.717) is 37.9 Å². The molecule has 0 aliphatic carbocycles. The Hall–Kier alpha value is -2.55. The Morgan fingerprint density at radius 2 is 1.66 bits per heavy atom. The second kappa shape index (κ2) is 11.4. The van der Waals surface area contributed by atoms with Gasteiger partial charge in [0.15, 0.2) is 0 Å². The number of rotatable bonds is 9. The van der Waals surface area contributed by atoms with Crippen LogP contribution in [0, 0.1) is 6.92 Å². The summed E-state index contributed by atoms with van der Waals surface area (Å²) in [5, 5.41) is 0. The molecule has 0 spiro atoms. The van der Waals surface area contributed by atoms with E-state index in [-0.39, 0.29) is 12.2 Å². The number of Topliss-reactive ketones (excluding diaryl/α,β-unsaturated/α-hetero) is 1. The first-order valence-electron chi connectivity index (χ1n) is 11.4. The van der Waals surface area contributed by atoms with Crippen molar-refractivity contribution in [1.82, 2.24) is 14.9 Å². The zero-order chi connectivity index (χ0) is 22.2. The summed E-state index contributed by atoms with van der Waals surface area (Å²) in [7, 11) is 0. The van der Waals surface area contributed by atoms with Crippen LogP contribution in [0.5, 0.6) is 6.01 Å². The van der Waals surface area contributed by atoms with E-state index in [1.54, 1.807) is 0 Å². The Balaban J connectivity index is 1.42. The number of nitrogens with zero attached hydrogens (tertiary/aromatic N) is 4. The van der Waals surface area contributed by atoms with E-state index in [2.05, 4.69) is 19.8 Å². The lowest BCUT2D eigenvalue weighted by molar-refractivity contribution is -0.117. The summed E-state index contributed by atoms with van der Waals surface area (Å²) in [6, 6.07) is 10.3. The van der Waals surface area contributed by atoms with Crippen molar-refractivity contribution in [2.45, 2.75) is 19.8 Å². The van der Waals surface area contributed by atoms with Gasteiger partial charge in [-0.15, -0.1) is 0 Å². The fourth-order valence-electron chi connectivity index (χ4n) is 3.86. The van der Waals surface area contributed by atoms with Crippen LogP contribution in [0.2, 0.25) is 0 Å². The van der Waals surface area contributed by atoms with Crippen molar-refractivity contribution in [3.63, 3.8) is 0 Å². The normalized spacial score (nSPS) is 17.3. The molecule has 0 bridgehead atoms. The fourth-order valence-corrected chi connectivity index (χ4v) is 3.86. The number of hydrogen-bond acceptors (Lipinski definition) is 8. The minimum atomic E-state index is 0.125. The molecule has 1 aromatic carbocycles. The minimum absolute atomic E-state index is 0.125. The zero-order valence-electron chi connectivity index (χ0n) is 18.8. The first kappa shape index (κ1) is 22.6. The van der Waals surface area contributed by atoms with Crippen molar-refractivity contribution in [3.05, 3.63) is 47.2 Å². The van der Waals surface area contributed by atoms with Crippen LogP contribution in [0.4, 0.5) is 5.82 Å². The highest BCUT2D eigenvalue weighted by atomic mass is 16.5. The first-order valence-corrected chi connectivity index (χ1v) is 11.4. The van der Waals surface area contributed by atoms with Gasteiger partial charge >= 0.3 is 6.01 Å². The molecule has 0 unspecified atom stereocenters. The predicted molar refractivity (Wildman–Crippen MR) is 121 cm³/mol. The third kappa shape index (κ3) is 6.72. The Morgan fingerprint density at radius 1 is 0.969 bits per heavy atom. The van der Waals surface area contributed by atoms with Crippen LogP contribution >= 0.6 is 0 Å². The molecule has 0 radical (unpaired) electrons. The standard InChI is InChI=1S/C24H32N4O4/c1-19-2-4-20(5-3-19)16-22(29)17-21-18-23(28-9-13-31-14-10-28)26-24(25-21)32-15-8-27-6-11-30-12-7-27/h2-5,18H,6-17H2,1H3. The van der Waals surface area contributed by atoms with Gasteiger partial charge < -0.3 is 19.1 Å². The van der Waals surface area contributed by atoms with Gasteiger partial charge in [0.05, 0.1) is 32.1 Å². The third-order valence-electron chi connectivity index (χ3n) is 5.72. The van der Waals surface area contributed by atoms with E-state index in [9.17, 15) is 4.79 Å². The molecule has 0 atom stereocenters. The summed E-state index contributed by atoms with van der Waals surface area (Å²) in [6.07, 6.45) is 0.651. The Kier molecular flexibility index (Phi) is 8.03. The molecule has 2 fully saturated rings. The van der Waals surface area contributed by atoms with Crippen molar-refractivity contribution in [1.29, 1.82) is 0 Å². The number of carbonyl (C=O) groups excluding carboxylic acids is 1. The van der Waals surface area contributed by atoms with Crippen LogP contribution in [-0.4, -0.2) is 86.4 Å². The SMILES string of the molecule is Cc1ccc(CC(=O)Cc2cc(N3CCOCC3)nc(OCCN3CCOCC3)n2)cc1. The lowest BCUT2D eigenvalue weighted by Gasteiger charge is -2.28. The van der Waals surface area contributed by atoms with Gasteiger partial charge in [0.25, 0.3) is 0 Å². The molecule has 1 aromatic heterocycles. The number of aromatic nitrogens is 2. The van der Waals surface area contributed by atoms with E-state index in [4.69, 9.17) is 14.2 Å². The molecular weight excluding hydrogens is 408 g/mol. The molecule has 2 saturated heterocycles. The monoisotopic (exact) mass is 440 g/mol. The van der Waals surface area contributed by atoms with E-state index >= 15 is 0 Å². The number of hydrogen-bond donors (Lipinski definition) is 0. The average molecular weight is 441 g/mol. The summed E-state index contributed by atoms with van der Waals surface area (Å²) in [4.78, 5) is 26.4. The van der Waals surface area contributed by atoms with Gasteiger partial charge in [-0.2, -0.15) is 9.97 Å². The summed E-state index contributed by atoms with van der Waals surface area (Å²) in [5.74, 6) is 0.919. The number of benzene rings is 1. The number of morpholine rings is 2. The zero-order valence-corrected chi connectivity index (χ0v) is 18.8. The largest absolute Gasteiger partial charge is 0.462 e. The lowest BCUT2D eigenvalue weighted by atomic mass is 10.0. The second-order valence-corrected chi connectivity index (χ2v) is 8.28. The molecular formula is C24H32N4O4. The molecule has 3 heterocycles. The highest BCUT2D eigenvalue weighted by Crippen LogP contribution is 2.19. The van der Waals surface area contributed by atoms with Crippen LogP contribution in [-0.2, 0) is 27.1 Å². The van der Waals surface area contributed by atoms with E-state index in [0.717, 1.165) is 57.3 Å². The summed E-state index contributed by atoms with van der Waals surface area (Å²) in [5.41, 5.74) is 2.90. The van der Waals surface area contributed by atoms with Gasteiger partial charge in [-0.1, -0.05) is 29.8 Å². The van der Waals surface area contributed by atoms with Crippen molar-refractivity contribution in [2.24, 2.45) is 0 Å². The van der Waals surface area contributed by atoms with Crippen LogP contribution < -0.4 is 9.64 Å². The molecule has 0 amide bonds. The molecule has 4 rings (SSSR count). The number of ketones is 1. The van der Waals surface area contributed by atoms with E-state index in [1.165, 1.54) is 5.56 Å². The van der Waals surface area contributed by atoms with Crippen molar-refractivity contribution in [2.75, 3.05) is 70.7 Å². The number of anilines is 1. The first-order chi connectivity index (χ1) is 15.7. The summed E-state index contributed by atoms with van der Waals surface area (Å²) >= 11 is 0. The molecule has 2 aliphatic rings. The lowest BCUT2D eigenvalue weighted by Crippen LogP contribution is -2.39. The summed E-state index contributed by atoms with van der Waals surface area (Å²) in [6.45, 7) is 9.56. The summed E-state index contributed by atoms with van der Waals surface area (Å²) < 4.78 is 16.8. The van der Waals surface area contributed by atoms with Gasteiger partial charge in [0.1, 0.15) is 18.2 Å². The van der Waals surface area contributed by atoms with Crippen LogP contribution in [0.3, 0.4) is 0 Å². The Morgan fingerprint density at radius 3 is 2.38 bits per heavy atom.